The zero-order valence-corrected chi connectivity index (χ0v) is 34.0. The van der Waals surface area contributed by atoms with Gasteiger partial charge in [0.15, 0.2) is 23.0 Å². The minimum absolute atomic E-state index is 0.277. The molecule has 0 saturated heterocycles. The van der Waals surface area contributed by atoms with Gasteiger partial charge in [-0.1, -0.05) is 0 Å². The molecule has 12 nitrogen and oxygen atoms in total. The van der Waals surface area contributed by atoms with Crippen LogP contribution < -0.4 is 18.9 Å². The van der Waals surface area contributed by atoms with Crippen molar-refractivity contribution in [1.29, 1.82) is 0 Å². The number of fused-ring (bicyclic) bond motifs is 18. The summed E-state index contributed by atoms with van der Waals surface area (Å²) >= 11 is 32.1. The summed E-state index contributed by atoms with van der Waals surface area (Å²) in [6.07, 6.45) is 2.26. The molecule has 2 heterocycles. The first-order valence-corrected chi connectivity index (χ1v) is 19.2. The molecular formula is C38H40Cl4N4O8. The van der Waals surface area contributed by atoms with Crippen LogP contribution in [-0.2, 0) is 38.4 Å². The molecule has 0 N–H and O–H groups in total. The Balaban J connectivity index is 1.22. The van der Waals surface area contributed by atoms with E-state index in [-0.39, 0.29) is 23.7 Å². The lowest BCUT2D eigenvalue weighted by molar-refractivity contribution is -0.239. The fraction of sp³-hybridized carbons (Fsp3) is 0.579. The maximum absolute atomic E-state index is 8.02. The number of hydrogen-bond acceptors (Lipinski definition) is 12. The lowest BCUT2D eigenvalue weighted by atomic mass is 9.65. The van der Waals surface area contributed by atoms with Crippen molar-refractivity contribution in [2.45, 2.75) is 56.8 Å². The summed E-state index contributed by atoms with van der Waals surface area (Å²) in [5, 5.41) is 0. The van der Waals surface area contributed by atoms with Crippen molar-refractivity contribution in [2.75, 3.05) is 56.9 Å². The molecule has 4 bridgehead atoms. The molecule has 5 aliphatic carbocycles. The van der Waals surface area contributed by atoms with Crippen LogP contribution in [0, 0.1) is 23.7 Å². The van der Waals surface area contributed by atoms with E-state index in [1.165, 1.54) is 0 Å². The Labute approximate surface area is 332 Å². The predicted molar refractivity (Wildman–Crippen MR) is 201 cm³/mol. The topological polar surface area (TPSA) is 125 Å². The van der Waals surface area contributed by atoms with E-state index < -0.39 is 31.1 Å². The van der Waals surface area contributed by atoms with Crippen LogP contribution in [0.3, 0.4) is 0 Å². The van der Waals surface area contributed by atoms with Gasteiger partial charge in [-0.05, 0) is 49.4 Å². The Morgan fingerprint density at radius 1 is 0.407 bits per heavy atom. The van der Waals surface area contributed by atoms with Gasteiger partial charge >= 0.3 is 0 Å². The lowest BCUT2D eigenvalue weighted by Gasteiger charge is -2.44. The summed E-state index contributed by atoms with van der Waals surface area (Å²) in [7, 11) is 12.6. The number of halogens is 4. The van der Waals surface area contributed by atoms with Crippen molar-refractivity contribution in [2.24, 2.45) is 23.7 Å². The molecule has 0 aliphatic heterocycles. The van der Waals surface area contributed by atoms with Gasteiger partial charge in [0.1, 0.15) is 19.5 Å². The zero-order chi connectivity index (χ0) is 38.4. The van der Waals surface area contributed by atoms with E-state index in [0.717, 1.165) is 0 Å². The fourth-order valence-corrected chi connectivity index (χ4v) is 14.3. The Bertz CT molecular complexity index is 1940. The molecule has 5 aliphatic rings. The summed E-state index contributed by atoms with van der Waals surface area (Å²) in [5.74, 6) is -2.10. The van der Waals surface area contributed by atoms with Crippen molar-refractivity contribution >= 4 is 68.5 Å². The van der Waals surface area contributed by atoms with E-state index in [4.69, 9.17) is 104 Å². The van der Waals surface area contributed by atoms with Crippen molar-refractivity contribution in [3.63, 3.8) is 0 Å². The molecule has 16 heteroatoms. The van der Waals surface area contributed by atoms with E-state index in [0.29, 0.717) is 93.5 Å². The predicted octanol–water partition coefficient (Wildman–Crippen LogP) is 7.12. The van der Waals surface area contributed by atoms with Crippen molar-refractivity contribution in [3.05, 3.63) is 47.0 Å². The molecule has 2 aromatic carbocycles. The molecule has 288 valence electrons. The summed E-state index contributed by atoms with van der Waals surface area (Å²) in [6.45, 7) is 0. The third-order valence-electron chi connectivity index (χ3n) is 13.4. The number of nitrogens with zero attached hydrogens (tertiary/aromatic N) is 4. The standard InChI is InChI=1S/C38H40Cl4N4O8/c1-47-25-13-21-22(14-26(25)48-2)44-30-29(43-21)33(39)17-9-10-19-20(12-11-18(17)34(30,40)37(33,51-5)52-6)36(42)32-31(35(19,41)38(36,53-7)54-8)45-23-15-27(49-3)28(50-4)16-24(23)46-32/h13-20H,9-12H2,1-8H3/t17-,18+,19+,20-,33-,34+,35+,36-. The molecule has 0 unspecified atom stereocenters. The first-order chi connectivity index (χ1) is 25.8. The largest absolute Gasteiger partial charge is 0.493 e. The van der Waals surface area contributed by atoms with Crippen LogP contribution in [0.25, 0.3) is 22.1 Å². The van der Waals surface area contributed by atoms with Gasteiger partial charge in [0.2, 0.25) is 11.6 Å². The zero-order valence-electron chi connectivity index (χ0n) is 31.0. The van der Waals surface area contributed by atoms with Crippen LogP contribution in [0.4, 0.5) is 0 Å². The second-order valence-corrected chi connectivity index (χ2v) is 17.1. The average Bonchev–Trinajstić information content (AvgIpc) is 3.60. The summed E-state index contributed by atoms with van der Waals surface area (Å²) in [4.78, 5) is 15.2. The van der Waals surface area contributed by atoms with Crippen LogP contribution in [0.15, 0.2) is 24.3 Å². The summed E-state index contributed by atoms with van der Waals surface area (Å²) in [5.41, 5.74) is 4.33. The Kier molecular flexibility index (Phi) is 8.15. The Morgan fingerprint density at radius 2 is 0.611 bits per heavy atom. The molecule has 9 rings (SSSR count). The van der Waals surface area contributed by atoms with Crippen LogP contribution in [-0.4, -0.2) is 88.4 Å². The maximum atomic E-state index is 8.02. The summed E-state index contributed by atoms with van der Waals surface area (Å²) < 4.78 is 47.8. The molecule has 4 aromatic rings. The van der Waals surface area contributed by atoms with Crippen molar-refractivity contribution < 1.29 is 37.9 Å². The molecular weight excluding hydrogens is 782 g/mol. The molecule has 2 aromatic heterocycles. The van der Waals surface area contributed by atoms with E-state index in [1.807, 2.05) is 0 Å². The maximum Gasteiger partial charge on any atom is 0.219 e. The van der Waals surface area contributed by atoms with Crippen LogP contribution in [0.1, 0.15) is 48.5 Å². The molecule has 0 radical (unpaired) electrons. The van der Waals surface area contributed by atoms with Crippen molar-refractivity contribution in [1.82, 2.24) is 19.9 Å². The monoisotopic (exact) mass is 820 g/mol. The molecule has 3 saturated carbocycles. The van der Waals surface area contributed by atoms with Gasteiger partial charge in [0, 0.05) is 52.7 Å². The SMILES string of the molecule is COc1cc2nc3c(nc2cc1OC)[C@]1(Cl)[C@@H]2CC[C@H]4[C@@H](CC[C@@H]2[C@@]3(Cl)C1(OC)OC)[C@@]1(Cl)c2nc3cc(OC)c(OC)cc3nc2[C@]4(Cl)C1(OC)OC. The van der Waals surface area contributed by atoms with Crippen molar-refractivity contribution in [3.8, 4) is 23.0 Å². The number of hydrogen-bond donors (Lipinski definition) is 0. The van der Waals surface area contributed by atoms with Crippen LogP contribution in [0.5, 0.6) is 23.0 Å². The quantitative estimate of drug-likeness (QED) is 0.133. The van der Waals surface area contributed by atoms with Crippen LogP contribution in [0.2, 0.25) is 0 Å². The Morgan fingerprint density at radius 3 is 0.778 bits per heavy atom. The first kappa shape index (κ1) is 36.9. The number of ether oxygens (including phenoxy) is 8. The van der Waals surface area contributed by atoms with Gasteiger partial charge in [-0.15, -0.1) is 46.4 Å². The van der Waals surface area contributed by atoms with E-state index in [1.54, 1.807) is 81.1 Å². The second kappa shape index (κ2) is 11.9. The highest BCUT2D eigenvalue weighted by Gasteiger charge is 2.88. The molecule has 8 atom stereocenters. The normalized spacial score (nSPS) is 34.9. The number of benzene rings is 2. The lowest BCUT2D eigenvalue weighted by Crippen LogP contribution is -2.54. The minimum atomic E-state index is -1.52. The van der Waals surface area contributed by atoms with Gasteiger partial charge < -0.3 is 37.9 Å². The second-order valence-electron chi connectivity index (χ2n) is 14.7. The number of methoxy groups -OCH3 is 8. The smallest absolute Gasteiger partial charge is 0.219 e. The van der Waals surface area contributed by atoms with Crippen LogP contribution >= 0.6 is 46.4 Å². The van der Waals surface area contributed by atoms with E-state index >= 15 is 0 Å². The van der Waals surface area contributed by atoms with E-state index in [9.17, 15) is 0 Å². The molecule has 3 fully saturated rings. The van der Waals surface area contributed by atoms with Gasteiger partial charge in [0.25, 0.3) is 0 Å². The molecule has 0 amide bonds. The average molecular weight is 823 g/mol. The number of alkyl halides is 4. The van der Waals surface area contributed by atoms with E-state index in [2.05, 4.69) is 0 Å². The third-order valence-corrected chi connectivity index (χ3v) is 16.2. The highest BCUT2D eigenvalue weighted by molar-refractivity contribution is 6.33. The first-order valence-electron chi connectivity index (χ1n) is 17.7. The third kappa shape index (κ3) is 3.75. The summed E-state index contributed by atoms with van der Waals surface area (Å²) in [6, 6.07) is 7.13. The van der Waals surface area contributed by atoms with Gasteiger partial charge in [-0.25, -0.2) is 19.9 Å². The fourth-order valence-electron chi connectivity index (χ4n) is 11.4. The number of aromatic nitrogens is 4. The Hall–Kier alpha value is -2.68. The van der Waals surface area contributed by atoms with Gasteiger partial charge in [-0.3, -0.25) is 0 Å². The minimum Gasteiger partial charge on any atom is -0.493 e. The van der Waals surface area contributed by atoms with Gasteiger partial charge in [0.05, 0.1) is 73.3 Å². The highest BCUT2D eigenvalue weighted by Crippen LogP contribution is 2.81. The number of rotatable bonds is 8. The molecule has 0 spiro atoms. The molecule has 54 heavy (non-hydrogen) atoms. The van der Waals surface area contributed by atoms with Gasteiger partial charge in [-0.2, -0.15) is 0 Å². The highest BCUT2D eigenvalue weighted by atomic mass is 35.5.